The third-order valence-electron chi connectivity index (χ3n) is 3.52. The number of amides is 3. The van der Waals surface area contributed by atoms with E-state index < -0.39 is 60.6 Å². The Hall–Kier alpha value is -1.89. The Morgan fingerprint density at radius 1 is 1.00 bits per heavy atom. The molecule has 156 valence electrons. The highest BCUT2D eigenvalue weighted by atomic mass is 32.2. The molecule has 0 heterocycles. The molecule has 12 heteroatoms. The van der Waals surface area contributed by atoms with Gasteiger partial charge in [0.05, 0.1) is 18.8 Å². The summed E-state index contributed by atoms with van der Waals surface area (Å²) in [5.41, 5.74) is 5.40. The van der Waals surface area contributed by atoms with Crippen LogP contribution in [0.15, 0.2) is 0 Å². The van der Waals surface area contributed by atoms with Gasteiger partial charge in [0.15, 0.2) is 0 Å². The largest absolute Gasteiger partial charge is 0.480 e. The van der Waals surface area contributed by atoms with Crippen LogP contribution in [0.4, 0.5) is 0 Å². The lowest BCUT2D eigenvalue weighted by molar-refractivity contribution is -0.142. The molecule has 5 unspecified atom stereocenters. The van der Waals surface area contributed by atoms with E-state index in [9.17, 15) is 29.4 Å². The molecule has 27 heavy (non-hydrogen) atoms. The van der Waals surface area contributed by atoms with Crippen LogP contribution in [0.2, 0.25) is 0 Å². The number of hydrogen-bond donors (Lipinski definition) is 7. The SMILES string of the molecule is CSCCC(NC(=O)C(CO)NC(=O)C(NC(=O)C(C)N)C(C)O)C(=O)O. The Morgan fingerprint density at radius 3 is 1.96 bits per heavy atom. The van der Waals surface area contributed by atoms with Crippen molar-refractivity contribution in [1.29, 1.82) is 0 Å². The number of carboxylic acids is 1. The molecule has 5 atom stereocenters. The molecule has 0 radical (unpaired) electrons. The number of aliphatic carboxylic acids is 1. The molecular formula is C15H28N4O7S. The Morgan fingerprint density at radius 2 is 1.56 bits per heavy atom. The van der Waals surface area contributed by atoms with E-state index in [0.717, 1.165) is 0 Å². The second-order valence-electron chi connectivity index (χ2n) is 5.94. The van der Waals surface area contributed by atoms with E-state index in [2.05, 4.69) is 16.0 Å². The Kier molecular flexibility index (Phi) is 11.6. The summed E-state index contributed by atoms with van der Waals surface area (Å²) in [7, 11) is 0. The van der Waals surface area contributed by atoms with Gasteiger partial charge in [0.25, 0.3) is 0 Å². The van der Waals surface area contributed by atoms with Gasteiger partial charge in [0, 0.05) is 0 Å². The fourth-order valence-electron chi connectivity index (χ4n) is 1.91. The quantitative estimate of drug-likeness (QED) is 0.176. The average molecular weight is 408 g/mol. The third kappa shape index (κ3) is 9.04. The van der Waals surface area contributed by atoms with Gasteiger partial charge >= 0.3 is 5.97 Å². The summed E-state index contributed by atoms with van der Waals surface area (Å²) in [4.78, 5) is 47.3. The van der Waals surface area contributed by atoms with E-state index in [4.69, 9.17) is 10.8 Å². The van der Waals surface area contributed by atoms with Crippen molar-refractivity contribution in [1.82, 2.24) is 16.0 Å². The standard InChI is InChI=1S/C15H28N4O7S/c1-7(16)12(22)19-11(8(2)21)14(24)18-10(6-20)13(23)17-9(15(25)26)4-5-27-3/h7-11,20-21H,4-6,16H2,1-3H3,(H,17,23)(H,18,24)(H,19,22)(H,25,26). The number of aliphatic hydroxyl groups excluding tert-OH is 2. The number of nitrogens with one attached hydrogen (secondary N) is 3. The second kappa shape index (κ2) is 12.5. The van der Waals surface area contributed by atoms with Crippen LogP contribution in [0, 0.1) is 0 Å². The van der Waals surface area contributed by atoms with Crippen LogP contribution in [0.25, 0.3) is 0 Å². The van der Waals surface area contributed by atoms with Crippen molar-refractivity contribution >= 4 is 35.5 Å². The molecule has 3 amide bonds. The highest BCUT2D eigenvalue weighted by molar-refractivity contribution is 7.98. The first-order valence-electron chi connectivity index (χ1n) is 8.22. The van der Waals surface area contributed by atoms with Crippen LogP contribution in [-0.4, -0.2) is 87.9 Å². The van der Waals surface area contributed by atoms with Crippen LogP contribution in [0.5, 0.6) is 0 Å². The summed E-state index contributed by atoms with van der Waals surface area (Å²) in [6, 6.07) is -4.97. The van der Waals surface area contributed by atoms with Gasteiger partial charge in [-0.3, -0.25) is 14.4 Å². The number of carboxylic acid groups (broad SMARTS) is 1. The average Bonchev–Trinajstić information content (AvgIpc) is 2.59. The molecule has 0 aromatic rings. The number of hydrogen-bond acceptors (Lipinski definition) is 8. The number of thioether (sulfide) groups is 1. The van der Waals surface area contributed by atoms with Crippen molar-refractivity contribution in [2.75, 3.05) is 18.6 Å². The minimum absolute atomic E-state index is 0.162. The first-order valence-corrected chi connectivity index (χ1v) is 9.61. The zero-order chi connectivity index (χ0) is 21.1. The van der Waals surface area contributed by atoms with Gasteiger partial charge in [-0.25, -0.2) is 4.79 Å². The van der Waals surface area contributed by atoms with Gasteiger partial charge < -0.3 is 37.0 Å². The lowest BCUT2D eigenvalue weighted by Gasteiger charge is -2.25. The van der Waals surface area contributed by atoms with Gasteiger partial charge in [-0.05, 0) is 32.3 Å². The van der Waals surface area contributed by atoms with Crippen molar-refractivity contribution in [3.63, 3.8) is 0 Å². The van der Waals surface area contributed by atoms with Gasteiger partial charge in [0.1, 0.15) is 18.1 Å². The first kappa shape index (κ1) is 25.1. The van der Waals surface area contributed by atoms with Crippen LogP contribution < -0.4 is 21.7 Å². The van der Waals surface area contributed by atoms with Crippen LogP contribution >= 0.6 is 11.8 Å². The molecule has 0 aromatic heterocycles. The summed E-state index contributed by atoms with van der Waals surface area (Å²) in [6.07, 6.45) is 0.641. The molecule has 0 aromatic carbocycles. The fraction of sp³-hybridized carbons (Fsp3) is 0.733. The van der Waals surface area contributed by atoms with Gasteiger partial charge in [-0.15, -0.1) is 0 Å². The minimum Gasteiger partial charge on any atom is -0.480 e. The van der Waals surface area contributed by atoms with Crippen LogP contribution in [-0.2, 0) is 19.2 Å². The first-order chi connectivity index (χ1) is 12.5. The number of rotatable bonds is 12. The minimum atomic E-state index is -1.46. The molecule has 0 saturated heterocycles. The van der Waals surface area contributed by atoms with Gasteiger partial charge in [-0.1, -0.05) is 0 Å². The van der Waals surface area contributed by atoms with E-state index in [1.165, 1.54) is 25.6 Å². The predicted molar refractivity (Wildman–Crippen MR) is 98.8 cm³/mol. The molecule has 0 aliphatic carbocycles. The highest BCUT2D eigenvalue weighted by Crippen LogP contribution is 2.02. The Labute approximate surface area is 161 Å². The van der Waals surface area contributed by atoms with Crippen molar-refractivity contribution in [2.45, 2.75) is 50.5 Å². The topological polar surface area (TPSA) is 191 Å². The molecule has 0 aliphatic heterocycles. The monoisotopic (exact) mass is 408 g/mol. The molecular weight excluding hydrogens is 380 g/mol. The van der Waals surface area contributed by atoms with Crippen molar-refractivity contribution in [3.05, 3.63) is 0 Å². The number of carbonyl (C=O) groups excluding carboxylic acids is 3. The van der Waals surface area contributed by atoms with Gasteiger partial charge in [0.2, 0.25) is 17.7 Å². The Balaban J connectivity index is 5.04. The van der Waals surface area contributed by atoms with Crippen molar-refractivity contribution in [3.8, 4) is 0 Å². The molecule has 8 N–H and O–H groups in total. The second-order valence-corrected chi connectivity index (χ2v) is 6.93. The Bertz CT molecular complexity index is 530. The van der Waals surface area contributed by atoms with E-state index in [1.54, 1.807) is 6.26 Å². The zero-order valence-corrected chi connectivity index (χ0v) is 16.3. The van der Waals surface area contributed by atoms with E-state index in [-0.39, 0.29) is 6.42 Å². The summed E-state index contributed by atoms with van der Waals surface area (Å²) in [5, 5.41) is 34.8. The predicted octanol–water partition coefficient (Wildman–Crippen LogP) is -3.00. The molecule has 11 nitrogen and oxygen atoms in total. The smallest absolute Gasteiger partial charge is 0.326 e. The van der Waals surface area contributed by atoms with Crippen LogP contribution in [0.3, 0.4) is 0 Å². The van der Waals surface area contributed by atoms with E-state index in [0.29, 0.717) is 5.75 Å². The van der Waals surface area contributed by atoms with Crippen molar-refractivity contribution in [2.24, 2.45) is 5.73 Å². The molecule has 0 spiro atoms. The van der Waals surface area contributed by atoms with Crippen molar-refractivity contribution < 1.29 is 34.5 Å². The maximum absolute atomic E-state index is 12.3. The normalized spacial score (nSPS) is 16.4. The number of nitrogens with two attached hydrogens (primary N) is 1. The van der Waals surface area contributed by atoms with E-state index in [1.807, 2.05) is 0 Å². The molecule has 0 saturated carbocycles. The van der Waals surface area contributed by atoms with E-state index >= 15 is 0 Å². The molecule has 0 rings (SSSR count). The summed E-state index contributed by atoms with van der Waals surface area (Å²) in [6.45, 7) is 1.83. The third-order valence-corrected chi connectivity index (χ3v) is 4.16. The number of aliphatic hydroxyl groups is 2. The summed E-state index contributed by atoms with van der Waals surface area (Å²) < 4.78 is 0. The lowest BCUT2D eigenvalue weighted by Crippen LogP contribution is -2.60. The summed E-state index contributed by atoms with van der Waals surface area (Å²) >= 11 is 1.40. The maximum Gasteiger partial charge on any atom is 0.326 e. The number of carbonyl (C=O) groups is 4. The fourth-order valence-corrected chi connectivity index (χ4v) is 2.38. The van der Waals surface area contributed by atoms with Crippen LogP contribution in [0.1, 0.15) is 20.3 Å². The van der Waals surface area contributed by atoms with Gasteiger partial charge in [-0.2, -0.15) is 11.8 Å². The molecule has 0 bridgehead atoms. The lowest BCUT2D eigenvalue weighted by atomic mass is 10.1. The zero-order valence-electron chi connectivity index (χ0n) is 15.5. The molecule has 0 fully saturated rings. The maximum atomic E-state index is 12.3. The summed E-state index contributed by atoms with van der Waals surface area (Å²) in [5.74, 6) is -3.28. The molecule has 0 aliphatic rings. The highest BCUT2D eigenvalue weighted by Gasteiger charge is 2.31.